The Labute approximate surface area is 147 Å². The molecule has 8 heteroatoms. The molecule has 2 amide bonds. The lowest BCUT2D eigenvalue weighted by atomic mass is 10.1. The first-order valence-electron chi connectivity index (χ1n) is 7.33. The maximum absolute atomic E-state index is 12.8. The fraction of sp³-hybridized carbons (Fsp3) is 0. The fourth-order valence-corrected chi connectivity index (χ4v) is 3.02. The van der Waals surface area contributed by atoms with E-state index >= 15 is 0 Å². The van der Waals surface area contributed by atoms with E-state index in [0.717, 1.165) is 12.2 Å². The number of carbonyl (C=O) groups is 4. The summed E-state index contributed by atoms with van der Waals surface area (Å²) in [6, 6.07) is 5.87. The summed E-state index contributed by atoms with van der Waals surface area (Å²) in [7, 11) is 0. The standard InChI is InChI=1S/C18H12N2O6/c1-3-9-11(4-2)19(17(23)24)13(15(9)21)14-16(22)10-7-5-6-8-12(10)20(14)18(25)26/h3-8H,1-2H2,(H,23,24)(H,25,26)/b14-13+. The Balaban J connectivity index is 2.37. The first-order valence-corrected chi connectivity index (χ1v) is 7.33. The van der Waals surface area contributed by atoms with Crippen molar-refractivity contribution in [3.63, 3.8) is 0 Å². The van der Waals surface area contributed by atoms with E-state index in [-0.39, 0.29) is 22.5 Å². The van der Waals surface area contributed by atoms with E-state index < -0.39 is 35.1 Å². The van der Waals surface area contributed by atoms with Gasteiger partial charge in [0, 0.05) is 11.1 Å². The minimum Gasteiger partial charge on any atom is -0.464 e. The molecule has 2 aliphatic rings. The lowest BCUT2D eigenvalue weighted by molar-refractivity contribution is -0.112. The Kier molecular flexibility index (Phi) is 3.80. The van der Waals surface area contributed by atoms with Crippen molar-refractivity contribution >= 4 is 29.4 Å². The van der Waals surface area contributed by atoms with Gasteiger partial charge in [-0.15, -0.1) is 0 Å². The van der Waals surface area contributed by atoms with Gasteiger partial charge in [-0.3, -0.25) is 9.59 Å². The van der Waals surface area contributed by atoms with Gasteiger partial charge in [-0.2, -0.15) is 0 Å². The van der Waals surface area contributed by atoms with Crippen molar-refractivity contribution in [3.8, 4) is 0 Å². The molecule has 0 atom stereocenters. The second kappa shape index (κ2) is 5.85. The van der Waals surface area contributed by atoms with E-state index in [0.29, 0.717) is 9.80 Å². The Morgan fingerprint density at radius 1 is 0.885 bits per heavy atom. The molecule has 8 nitrogen and oxygen atoms in total. The number of rotatable bonds is 2. The minimum atomic E-state index is -1.55. The molecule has 1 aromatic carbocycles. The van der Waals surface area contributed by atoms with Gasteiger partial charge in [0.05, 0.1) is 11.4 Å². The summed E-state index contributed by atoms with van der Waals surface area (Å²) < 4.78 is 0. The summed E-state index contributed by atoms with van der Waals surface area (Å²) in [5, 5.41) is 19.1. The molecule has 0 unspecified atom stereocenters. The van der Waals surface area contributed by atoms with E-state index in [1.54, 1.807) is 6.07 Å². The minimum absolute atomic E-state index is 0.0536. The molecule has 0 aromatic heterocycles. The van der Waals surface area contributed by atoms with Crippen molar-refractivity contribution in [2.75, 3.05) is 4.90 Å². The summed E-state index contributed by atoms with van der Waals surface area (Å²) in [6.45, 7) is 6.96. The molecule has 3 rings (SSSR count). The van der Waals surface area contributed by atoms with Crippen molar-refractivity contribution in [2.45, 2.75) is 0 Å². The maximum atomic E-state index is 12.8. The van der Waals surface area contributed by atoms with Crippen molar-refractivity contribution in [3.05, 3.63) is 77.8 Å². The normalized spacial score (nSPS) is 19.1. The van der Waals surface area contributed by atoms with Gasteiger partial charge in [0.1, 0.15) is 11.4 Å². The maximum Gasteiger partial charge on any atom is 0.416 e. The van der Waals surface area contributed by atoms with E-state index in [1.807, 2.05) is 0 Å². The zero-order valence-electron chi connectivity index (χ0n) is 13.3. The first-order chi connectivity index (χ1) is 12.3. The Bertz CT molecular complexity index is 985. The number of hydrogen-bond donors (Lipinski definition) is 2. The second-order valence-electron chi connectivity index (χ2n) is 5.32. The van der Waals surface area contributed by atoms with E-state index in [9.17, 15) is 29.4 Å². The Morgan fingerprint density at radius 2 is 1.46 bits per heavy atom. The van der Waals surface area contributed by atoms with Crippen LogP contribution in [0.3, 0.4) is 0 Å². The molecule has 0 aliphatic carbocycles. The number of carbonyl (C=O) groups excluding carboxylic acids is 2. The lowest BCUT2D eigenvalue weighted by Crippen LogP contribution is -2.34. The highest BCUT2D eigenvalue weighted by Crippen LogP contribution is 2.41. The van der Waals surface area contributed by atoms with Crippen LogP contribution in [0.2, 0.25) is 0 Å². The first kappa shape index (κ1) is 16.9. The number of hydrogen-bond acceptors (Lipinski definition) is 4. The molecule has 2 aliphatic heterocycles. The molecule has 0 radical (unpaired) electrons. The summed E-state index contributed by atoms with van der Waals surface area (Å²) in [4.78, 5) is 50.3. The van der Waals surface area contributed by atoms with Crippen LogP contribution in [0.1, 0.15) is 10.4 Å². The van der Waals surface area contributed by atoms with E-state index in [2.05, 4.69) is 13.2 Å². The molecule has 0 bridgehead atoms. The molecule has 130 valence electrons. The summed E-state index contributed by atoms with van der Waals surface area (Å²) in [5.41, 5.74) is -1.16. The van der Waals surface area contributed by atoms with E-state index in [4.69, 9.17) is 0 Å². The summed E-state index contributed by atoms with van der Waals surface area (Å²) in [5.74, 6) is -1.58. The third kappa shape index (κ3) is 2.09. The van der Waals surface area contributed by atoms with E-state index in [1.165, 1.54) is 18.2 Å². The van der Waals surface area contributed by atoms with Crippen LogP contribution in [-0.4, -0.2) is 38.9 Å². The van der Waals surface area contributed by atoms with Gasteiger partial charge in [-0.05, 0) is 18.2 Å². The van der Waals surface area contributed by atoms with Gasteiger partial charge in [0.2, 0.25) is 11.6 Å². The third-order valence-electron chi connectivity index (χ3n) is 4.03. The summed E-state index contributed by atoms with van der Waals surface area (Å²) >= 11 is 0. The zero-order valence-corrected chi connectivity index (χ0v) is 13.3. The highest BCUT2D eigenvalue weighted by Gasteiger charge is 2.46. The third-order valence-corrected chi connectivity index (χ3v) is 4.03. The molecule has 0 saturated heterocycles. The molecular formula is C18H12N2O6. The van der Waals surface area contributed by atoms with Crippen molar-refractivity contribution < 1.29 is 29.4 Å². The average Bonchev–Trinajstić information content (AvgIpc) is 3.06. The molecule has 1 aromatic rings. The van der Waals surface area contributed by atoms with Gasteiger partial charge in [0.15, 0.2) is 0 Å². The SMILES string of the molecule is C=CC1=C(C=C)N(C(=O)O)/C(=C2\C(=O)c3ccccc3N2C(=O)O)C1=O. The molecule has 0 fully saturated rings. The molecule has 0 spiro atoms. The predicted octanol–water partition coefficient (Wildman–Crippen LogP) is 2.77. The number of benzene rings is 1. The number of amides is 2. The van der Waals surface area contributed by atoms with Crippen LogP contribution in [0, 0.1) is 0 Å². The molecule has 2 heterocycles. The largest absolute Gasteiger partial charge is 0.464 e. The van der Waals surface area contributed by atoms with Crippen LogP contribution in [0.15, 0.2) is 72.2 Å². The van der Waals surface area contributed by atoms with Gasteiger partial charge in [-0.1, -0.05) is 31.4 Å². The van der Waals surface area contributed by atoms with Crippen LogP contribution in [0.4, 0.5) is 15.3 Å². The Hall–Kier alpha value is -3.94. The van der Waals surface area contributed by atoms with Gasteiger partial charge in [-0.25, -0.2) is 19.4 Å². The van der Waals surface area contributed by atoms with Crippen LogP contribution in [0.25, 0.3) is 0 Å². The quantitative estimate of drug-likeness (QED) is 0.791. The highest BCUT2D eigenvalue weighted by molar-refractivity contribution is 6.29. The van der Waals surface area contributed by atoms with Crippen LogP contribution >= 0.6 is 0 Å². The number of carboxylic acid groups (broad SMARTS) is 2. The number of allylic oxidation sites excluding steroid dienone is 4. The van der Waals surface area contributed by atoms with Crippen LogP contribution < -0.4 is 4.90 Å². The van der Waals surface area contributed by atoms with Crippen LogP contribution in [-0.2, 0) is 4.79 Å². The van der Waals surface area contributed by atoms with Crippen molar-refractivity contribution in [2.24, 2.45) is 0 Å². The topological polar surface area (TPSA) is 115 Å². The van der Waals surface area contributed by atoms with Crippen molar-refractivity contribution in [1.29, 1.82) is 0 Å². The number of Topliss-reactive ketones (excluding diaryl/α,β-unsaturated/α-hetero) is 2. The molecule has 2 N–H and O–H groups in total. The molecule has 26 heavy (non-hydrogen) atoms. The number of para-hydroxylation sites is 1. The fourth-order valence-electron chi connectivity index (χ4n) is 3.02. The van der Waals surface area contributed by atoms with Gasteiger partial charge >= 0.3 is 12.2 Å². The van der Waals surface area contributed by atoms with Gasteiger partial charge < -0.3 is 10.2 Å². The van der Waals surface area contributed by atoms with Gasteiger partial charge in [0.25, 0.3) is 0 Å². The number of ketones is 2. The van der Waals surface area contributed by atoms with Crippen molar-refractivity contribution in [1.82, 2.24) is 4.90 Å². The second-order valence-corrected chi connectivity index (χ2v) is 5.32. The zero-order chi connectivity index (χ0) is 19.2. The molecule has 0 saturated carbocycles. The smallest absolute Gasteiger partial charge is 0.416 e. The number of anilines is 1. The average molecular weight is 352 g/mol. The molecular weight excluding hydrogens is 340 g/mol. The summed E-state index contributed by atoms with van der Waals surface area (Å²) in [6.07, 6.45) is -0.799. The Morgan fingerprint density at radius 3 is 2.00 bits per heavy atom. The lowest BCUT2D eigenvalue weighted by Gasteiger charge is -2.20. The monoisotopic (exact) mass is 352 g/mol. The number of nitrogens with zero attached hydrogens (tertiary/aromatic N) is 2. The predicted molar refractivity (Wildman–Crippen MR) is 90.6 cm³/mol. The highest BCUT2D eigenvalue weighted by atomic mass is 16.4. The number of fused-ring (bicyclic) bond motifs is 1. The van der Waals surface area contributed by atoms with Crippen LogP contribution in [0.5, 0.6) is 0 Å².